The molecule has 6 heteroatoms. The summed E-state index contributed by atoms with van der Waals surface area (Å²) >= 11 is 15.3. The van der Waals surface area contributed by atoms with E-state index in [2.05, 4.69) is 21.0 Å². The molecule has 0 fully saturated rings. The summed E-state index contributed by atoms with van der Waals surface area (Å²) in [5.41, 5.74) is 1.30. The number of rotatable bonds is 3. The number of benzene rings is 1. The van der Waals surface area contributed by atoms with Crippen molar-refractivity contribution in [3.63, 3.8) is 0 Å². The molecule has 0 aliphatic rings. The van der Waals surface area contributed by atoms with E-state index in [1.54, 1.807) is 22.9 Å². The third-order valence-corrected chi connectivity index (χ3v) is 4.16. The summed E-state index contributed by atoms with van der Waals surface area (Å²) in [7, 11) is 0. The van der Waals surface area contributed by atoms with Gasteiger partial charge in [-0.25, -0.2) is 0 Å². The maximum Gasteiger partial charge on any atom is 0.122 e. The minimum Gasteiger partial charge on any atom is -0.382 e. The van der Waals surface area contributed by atoms with Crippen LogP contribution in [0.3, 0.4) is 0 Å². The van der Waals surface area contributed by atoms with Crippen molar-refractivity contribution >= 4 is 39.1 Å². The van der Waals surface area contributed by atoms with Crippen molar-refractivity contribution in [1.82, 2.24) is 9.78 Å². The van der Waals surface area contributed by atoms with Gasteiger partial charge in [-0.1, -0.05) is 29.3 Å². The van der Waals surface area contributed by atoms with Gasteiger partial charge in [-0.15, -0.1) is 0 Å². The molecule has 1 N–H and O–H groups in total. The molecule has 1 aromatic carbocycles. The maximum absolute atomic E-state index is 10.4. The second-order valence-corrected chi connectivity index (χ2v) is 5.44. The van der Waals surface area contributed by atoms with Gasteiger partial charge in [0.25, 0.3) is 0 Å². The molecule has 18 heavy (non-hydrogen) atoms. The third kappa shape index (κ3) is 2.57. The fourth-order valence-corrected chi connectivity index (χ4v) is 2.49. The Morgan fingerprint density at radius 3 is 2.72 bits per heavy atom. The lowest BCUT2D eigenvalue weighted by Gasteiger charge is -2.14. The summed E-state index contributed by atoms with van der Waals surface area (Å²) in [5, 5.41) is 15.5. The molecule has 0 aliphatic heterocycles. The Morgan fingerprint density at radius 1 is 1.39 bits per heavy atom. The number of halogens is 3. The van der Waals surface area contributed by atoms with Crippen LogP contribution in [0, 0.1) is 0 Å². The zero-order chi connectivity index (χ0) is 13.3. The molecule has 0 saturated carbocycles. The standard InChI is InChI=1S/C12H11BrCl2N2O/c1-2-17-11(10(15)6-16-17)12(18)7-3-4-9(14)8(13)5-7/h3-6,12,18H,2H2,1H3. The predicted molar refractivity (Wildman–Crippen MR) is 76.1 cm³/mol. The van der Waals surface area contributed by atoms with E-state index in [-0.39, 0.29) is 0 Å². The van der Waals surface area contributed by atoms with E-state index in [1.165, 1.54) is 6.20 Å². The number of nitrogens with zero attached hydrogens (tertiary/aromatic N) is 2. The lowest BCUT2D eigenvalue weighted by atomic mass is 10.1. The lowest BCUT2D eigenvalue weighted by molar-refractivity contribution is 0.208. The normalized spacial score (nSPS) is 12.7. The molecule has 0 spiro atoms. The molecule has 1 heterocycles. The summed E-state index contributed by atoms with van der Waals surface area (Å²) in [5.74, 6) is 0. The summed E-state index contributed by atoms with van der Waals surface area (Å²) in [6, 6.07) is 5.27. The van der Waals surface area contributed by atoms with Crippen LogP contribution in [0.2, 0.25) is 10.0 Å². The molecule has 1 unspecified atom stereocenters. The van der Waals surface area contributed by atoms with E-state index in [4.69, 9.17) is 23.2 Å². The number of aliphatic hydroxyl groups excluding tert-OH is 1. The van der Waals surface area contributed by atoms with E-state index in [9.17, 15) is 5.11 Å². The van der Waals surface area contributed by atoms with E-state index in [0.29, 0.717) is 27.8 Å². The largest absolute Gasteiger partial charge is 0.382 e. The fraction of sp³-hybridized carbons (Fsp3) is 0.250. The molecule has 96 valence electrons. The average Bonchev–Trinajstić information content (AvgIpc) is 2.73. The molecule has 2 rings (SSSR count). The molecule has 3 nitrogen and oxygen atoms in total. The van der Waals surface area contributed by atoms with E-state index < -0.39 is 6.10 Å². The van der Waals surface area contributed by atoms with Crippen LogP contribution in [0.15, 0.2) is 28.9 Å². The van der Waals surface area contributed by atoms with Gasteiger partial charge in [0.1, 0.15) is 6.10 Å². The Labute approximate surface area is 123 Å². The topological polar surface area (TPSA) is 38.0 Å². The van der Waals surface area contributed by atoms with Crippen LogP contribution >= 0.6 is 39.1 Å². The van der Waals surface area contributed by atoms with Gasteiger partial charge >= 0.3 is 0 Å². The van der Waals surface area contributed by atoms with Crippen molar-refractivity contribution in [3.05, 3.63) is 50.2 Å². The predicted octanol–water partition coefficient (Wildman–Crippen LogP) is 4.05. The van der Waals surface area contributed by atoms with Crippen LogP contribution in [-0.4, -0.2) is 14.9 Å². The highest BCUT2D eigenvalue weighted by molar-refractivity contribution is 9.10. The van der Waals surface area contributed by atoms with Crippen LogP contribution in [-0.2, 0) is 6.54 Å². The number of aliphatic hydroxyl groups is 1. The quantitative estimate of drug-likeness (QED) is 0.907. The summed E-state index contributed by atoms with van der Waals surface area (Å²) in [6.07, 6.45) is 0.711. The third-order valence-electron chi connectivity index (χ3n) is 2.65. The Morgan fingerprint density at radius 2 is 2.11 bits per heavy atom. The summed E-state index contributed by atoms with van der Waals surface area (Å²) < 4.78 is 2.41. The van der Waals surface area contributed by atoms with Gasteiger partial charge in [-0.05, 0) is 40.5 Å². The maximum atomic E-state index is 10.4. The fourth-order valence-electron chi connectivity index (χ4n) is 1.74. The first-order chi connectivity index (χ1) is 8.54. The number of hydrogen-bond donors (Lipinski definition) is 1. The van der Waals surface area contributed by atoms with Crippen molar-refractivity contribution in [2.45, 2.75) is 19.6 Å². The van der Waals surface area contributed by atoms with Gasteiger partial charge in [0, 0.05) is 11.0 Å². The second-order valence-electron chi connectivity index (χ2n) is 3.77. The van der Waals surface area contributed by atoms with E-state index in [1.807, 2.05) is 6.92 Å². The Kier molecular flexibility index (Phi) is 4.33. The highest BCUT2D eigenvalue weighted by Crippen LogP contribution is 2.31. The van der Waals surface area contributed by atoms with Crippen molar-refractivity contribution in [3.8, 4) is 0 Å². The van der Waals surface area contributed by atoms with Crippen LogP contribution < -0.4 is 0 Å². The van der Waals surface area contributed by atoms with Crippen LogP contribution in [0.25, 0.3) is 0 Å². The molecule has 0 amide bonds. The van der Waals surface area contributed by atoms with E-state index >= 15 is 0 Å². The molecule has 0 bridgehead atoms. The summed E-state index contributed by atoms with van der Waals surface area (Å²) in [4.78, 5) is 0. The number of hydrogen-bond acceptors (Lipinski definition) is 2. The SMILES string of the molecule is CCn1ncc(Cl)c1C(O)c1ccc(Cl)c(Br)c1. The van der Waals surface area contributed by atoms with Gasteiger partial charge in [-0.2, -0.15) is 5.10 Å². The number of aryl methyl sites for hydroxylation is 1. The minimum absolute atomic E-state index is 0.454. The molecule has 1 aromatic heterocycles. The smallest absolute Gasteiger partial charge is 0.122 e. The van der Waals surface area contributed by atoms with Crippen molar-refractivity contribution in [2.24, 2.45) is 0 Å². The molecule has 2 aromatic rings. The van der Waals surface area contributed by atoms with Crippen molar-refractivity contribution in [1.29, 1.82) is 0 Å². The zero-order valence-corrected chi connectivity index (χ0v) is 12.7. The van der Waals surface area contributed by atoms with Crippen LogP contribution in [0.4, 0.5) is 0 Å². The van der Waals surface area contributed by atoms with Gasteiger partial charge in [-0.3, -0.25) is 4.68 Å². The Bertz CT molecular complexity index is 571. The van der Waals surface area contributed by atoms with Crippen molar-refractivity contribution in [2.75, 3.05) is 0 Å². The van der Waals surface area contributed by atoms with Crippen LogP contribution in [0.5, 0.6) is 0 Å². The number of aromatic nitrogens is 2. The van der Waals surface area contributed by atoms with Gasteiger partial charge in [0.15, 0.2) is 0 Å². The van der Waals surface area contributed by atoms with Gasteiger partial charge < -0.3 is 5.11 Å². The molecule has 1 atom stereocenters. The highest BCUT2D eigenvalue weighted by atomic mass is 79.9. The minimum atomic E-state index is -0.825. The summed E-state index contributed by atoms with van der Waals surface area (Å²) in [6.45, 7) is 2.59. The average molecular weight is 350 g/mol. The zero-order valence-electron chi connectivity index (χ0n) is 9.57. The molecule has 0 aliphatic carbocycles. The van der Waals surface area contributed by atoms with E-state index in [0.717, 1.165) is 4.47 Å². The monoisotopic (exact) mass is 348 g/mol. The first kappa shape index (κ1) is 13.9. The first-order valence-electron chi connectivity index (χ1n) is 5.38. The molecular weight excluding hydrogens is 339 g/mol. The van der Waals surface area contributed by atoms with Crippen molar-refractivity contribution < 1.29 is 5.11 Å². The Hall–Kier alpha value is -0.550. The highest BCUT2D eigenvalue weighted by Gasteiger charge is 2.19. The first-order valence-corrected chi connectivity index (χ1v) is 6.93. The molecule has 0 radical (unpaired) electrons. The van der Waals surface area contributed by atoms with Gasteiger partial charge in [0.2, 0.25) is 0 Å². The van der Waals surface area contributed by atoms with Gasteiger partial charge in [0.05, 0.1) is 21.9 Å². The lowest BCUT2D eigenvalue weighted by Crippen LogP contribution is -2.09. The molecule has 0 saturated heterocycles. The Balaban J connectivity index is 2.44. The molecular formula is C12H11BrCl2N2O. The second kappa shape index (κ2) is 5.61. The van der Waals surface area contributed by atoms with Crippen LogP contribution in [0.1, 0.15) is 24.3 Å².